The quantitative estimate of drug-likeness (QED) is 0.542. The standard InChI is InChI=1S/C11H17N3O6/c1-11(2)9(18)13-7(15)5-14(11)10(19)12-4-6(20-3)8(16)17/h6H,4-5H2,1-3H3,(H,12,19)(H,16,17)(H,13,15,18). The molecule has 0 aromatic rings. The number of imide groups is 1. The van der Waals surface area contributed by atoms with Crippen LogP contribution < -0.4 is 10.6 Å². The first-order valence-corrected chi connectivity index (χ1v) is 5.85. The maximum atomic E-state index is 12.0. The van der Waals surface area contributed by atoms with Crippen molar-refractivity contribution in [2.24, 2.45) is 0 Å². The van der Waals surface area contributed by atoms with Gasteiger partial charge in [-0.1, -0.05) is 0 Å². The van der Waals surface area contributed by atoms with Crippen molar-refractivity contribution in [2.45, 2.75) is 25.5 Å². The molecule has 1 aliphatic rings. The molecule has 0 aromatic carbocycles. The molecule has 0 saturated carbocycles. The normalized spacial score (nSPS) is 19.2. The molecule has 9 nitrogen and oxygen atoms in total. The Morgan fingerprint density at radius 3 is 2.60 bits per heavy atom. The highest BCUT2D eigenvalue weighted by Crippen LogP contribution is 2.17. The number of nitrogens with zero attached hydrogens (tertiary/aromatic N) is 1. The van der Waals surface area contributed by atoms with Crippen LogP contribution in [0.1, 0.15) is 13.8 Å². The Bertz CT molecular complexity index is 447. The van der Waals surface area contributed by atoms with Crippen molar-refractivity contribution in [1.29, 1.82) is 0 Å². The van der Waals surface area contributed by atoms with Crippen molar-refractivity contribution < 1.29 is 29.0 Å². The van der Waals surface area contributed by atoms with Crippen LogP contribution in [0.2, 0.25) is 0 Å². The average Bonchev–Trinajstić information content (AvgIpc) is 2.34. The molecule has 9 heteroatoms. The highest BCUT2D eigenvalue weighted by atomic mass is 16.5. The maximum absolute atomic E-state index is 12.0. The third kappa shape index (κ3) is 3.23. The van der Waals surface area contributed by atoms with Crippen molar-refractivity contribution in [1.82, 2.24) is 15.5 Å². The van der Waals surface area contributed by atoms with Gasteiger partial charge in [-0.2, -0.15) is 0 Å². The molecule has 20 heavy (non-hydrogen) atoms. The largest absolute Gasteiger partial charge is 0.479 e. The lowest BCUT2D eigenvalue weighted by atomic mass is 9.99. The number of piperazine rings is 1. The summed E-state index contributed by atoms with van der Waals surface area (Å²) in [7, 11) is 1.20. The summed E-state index contributed by atoms with van der Waals surface area (Å²) < 4.78 is 4.66. The molecule has 0 spiro atoms. The number of urea groups is 1. The van der Waals surface area contributed by atoms with Crippen LogP contribution >= 0.6 is 0 Å². The van der Waals surface area contributed by atoms with Gasteiger partial charge in [-0.3, -0.25) is 14.9 Å². The molecule has 112 valence electrons. The second-order valence-electron chi connectivity index (χ2n) is 4.77. The Morgan fingerprint density at radius 2 is 2.10 bits per heavy atom. The van der Waals surface area contributed by atoms with E-state index >= 15 is 0 Å². The van der Waals surface area contributed by atoms with E-state index in [9.17, 15) is 19.2 Å². The van der Waals surface area contributed by atoms with E-state index in [0.717, 1.165) is 4.90 Å². The fourth-order valence-electron chi connectivity index (χ4n) is 1.66. The summed E-state index contributed by atoms with van der Waals surface area (Å²) in [5, 5.41) is 13.2. The Hall–Kier alpha value is -2.16. The lowest BCUT2D eigenvalue weighted by Gasteiger charge is -2.40. The van der Waals surface area contributed by atoms with E-state index in [1.165, 1.54) is 21.0 Å². The number of hydrogen-bond donors (Lipinski definition) is 3. The van der Waals surface area contributed by atoms with Gasteiger partial charge in [-0.15, -0.1) is 0 Å². The van der Waals surface area contributed by atoms with Crippen molar-refractivity contribution in [3.05, 3.63) is 0 Å². The number of methoxy groups -OCH3 is 1. The van der Waals surface area contributed by atoms with Gasteiger partial charge in [0, 0.05) is 7.11 Å². The zero-order valence-corrected chi connectivity index (χ0v) is 11.4. The number of aliphatic carboxylic acids is 1. The van der Waals surface area contributed by atoms with Crippen LogP contribution in [0.3, 0.4) is 0 Å². The summed E-state index contributed by atoms with van der Waals surface area (Å²) in [4.78, 5) is 46.7. The summed E-state index contributed by atoms with van der Waals surface area (Å²) in [5.74, 6) is -2.41. The molecule has 4 amide bonds. The van der Waals surface area contributed by atoms with Crippen molar-refractivity contribution in [3.8, 4) is 0 Å². The topological polar surface area (TPSA) is 125 Å². The van der Waals surface area contributed by atoms with Gasteiger partial charge < -0.3 is 20.1 Å². The van der Waals surface area contributed by atoms with E-state index in [2.05, 4.69) is 15.4 Å². The van der Waals surface area contributed by atoms with Crippen molar-refractivity contribution in [3.63, 3.8) is 0 Å². The van der Waals surface area contributed by atoms with Crippen molar-refractivity contribution in [2.75, 3.05) is 20.2 Å². The number of carboxylic acid groups (broad SMARTS) is 1. The van der Waals surface area contributed by atoms with E-state index in [-0.39, 0.29) is 13.1 Å². The number of carboxylic acids is 1. The summed E-state index contributed by atoms with van der Waals surface area (Å²) in [6.45, 7) is 2.42. The summed E-state index contributed by atoms with van der Waals surface area (Å²) >= 11 is 0. The van der Waals surface area contributed by atoms with Crippen LogP contribution in [0.4, 0.5) is 4.79 Å². The molecule has 0 aromatic heterocycles. The predicted octanol–water partition coefficient (Wildman–Crippen LogP) is -1.47. The molecule has 1 unspecified atom stereocenters. The molecule has 1 fully saturated rings. The van der Waals surface area contributed by atoms with Gasteiger partial charge in [0.05, 0.1) is 6.54 Å². The van der Waals surface area contributed by atoms with E-state index in [1.54, 1.807) is 0 Å². The first-order valence-electron chi connectivity index (χ1n) is 5.85. The highest BCUT2D eigenvalue weighted by molar-refractivity contribution is 6.06. The average molecular weight is 287 g/mol. The van der Waals surface area contributed by atoms with E-state index in [4.69, 9.17) is 5.11 Å². The van der Waals surface area contributed by atoms with E-state index in [0.29, 0.717) is 0 Å². The molecule has 0 bridgehead atoms. The Morgan fingerprint density at radius 1 is 1.50 bits per heavy atom. The molecule has 0 aliphatic carbocycles. The minimum Gasteiger partial charge on any atom is -0.479 e. The first-order chi connectivity index (χ1) is 9.20. The smallest absolute Gasteiger partial charge is 0.334 e. The van der Waals surface area contributed by atoms with Gasteiger partial charge in [0.1, 0.15) is 12.1 Å². The molecule has 1 rings (SSSR count). The van der Waals surface area contributed by atoms with Crippen LogP contribution in [-0.2, 0) is 19.1 Å². The van der Waals surface area contributed by atoms with Crippen LogP contribution in [0.15, 0.2) is 0 Å². The van der Waals surface area contributed by atoms with E-state index < -0.39 is 35.5 Å². The molecule has 0 radical (unpaired) electrons. The van der Waals surface area contributed by atoms with Gasteiger partial charge in [0.2, 0.25) is 5.91 Å². The number of hydrogen-bond acceptors (Lipinski definition) is 5. The monoisotopic (exact) mass is 287 g/mol. The predicted molar refractivity (Wildman–Crippen MR) is 65.8 cm³/mol. The number of carbonyl (C=O) groups is 4. The maximum Gasteiger partial charge on any atom is 0.334 e. The summed E-state index contributed by atoms with van der Waals surface area (Å²) in [5.41, 5.74) is -1.20. The van der Waals surface area contributed by atoms with E-state index in [1.807, 2.05) is 0 Å². The number of carbonyl (C=O) groups excluding carboxylic acids is 3. The summed E-state index contributed by atoms with van der Waals surface area (Å²) in [6.07, 6.45) is -1.20. The van der Waals surface area contributed by atoms with Crippen LogP contribution in [0.25, 0.3) is 0 Å². The van der Waals surface area contributed by atoms with Crippen molar-refractivity contribution >= 4 is 23.8 Å². The third-order valence-corrected chi connectivity index (χ3v) is 3.03. The number of amides is 4. The molecular formula is C11H17N3O6. The molecule has 1 saturated heterocycles. The molecule has 3 N–H and O–H groups in total. The van der Waals surface area contributed by atoms with Crippen LogP contribution in [-0.4, -0.2) is 65.7 Å². The fraction of sp³-hybridized carbons (Fsp3) is 0.636. The van der Waals surface area contributed by atoms with Gasteiger partial charge in [-0.05, 0) is 13.8 Å². The summed E-state index contributed by atoms with van der Waals surface area (Å²) in [6, 6.07) is -0.707. The van der Waals surface area contributed by atoms with Crippen LogP contribution in [0, 0.1) is 0 Å². The Kier molecular flexibility index (Phi) is 4.66. The lowest BCUT2D eigenvalue weighted by Crippen LogP contribution is -2.67. The Labute approximate surface area is 115 Å². The third-order valence-electron chi connectivity index (χ3n) is 3.03. The fourth-order valence-corrected chi connectivity index (χ4v) is 1.66. The van der Waals surface area contributed by atoms with Gasteiger partial charge in [-0.25, -0.2) is 9.59 Å². The molecule has 1 heterocycles. The number of nitrogens with one attached hydrogen (secondary N) is 2. The lowest BCUT2D eigenvalue weighted by molar-refractivity contribution is -0.148. The zero-order valence-electron chi connectivity index (χ0n) is 11.4. The molecular weight excluding hydrogens is 270 g/mol. The van der Waals surface area contributed by atoms with Gasteiger partial charge in [0.25, 0.3) is 5.91 Å². The zero-order chi connectivity index (χ0) is 15.5. The molecule has 1 aliphatic heterocycles. The minimum atomic E-state index is -1.22. The minimum absolute atomic E-state index is 0.271. The Balaban J connectivity index is 2.72. The SMILES string of the molecule is COC(CNC(=O)N1CC(=O)NC(=O)C1(C)C)C(=O)O. The number of ether oxygens (including phenoxy) is 1. The number of rotatable bonds is 4. The van der Waals surface area contributed by atoms with Gasteiger partial charge in [0.15, 0.2) is 6.10 Å². The second kappa shape index (κ2) is 5.87. The first kappa shape index (κ1) is 15.9. The second-order valence-corrected chi connectivity index (χ2v) is 4.77. The van der Waals surface area contributed by atoms with Crippen LogP contribution in [0.5, 0.6) is 0 Å². The van der Waals surface area contributed by atoms with Gasteiger partial charge >= 0.3 is 12.0 Å². The highest BCUT2D eigenvalue weighted by Gasteiger charge is 2.43. The molecule has 1 atom stereocenters.